The summed E-state index contributed by atoms with van der Waals surface area (Å²) in [7, 11) is 1.35. The van der Waals surface area contributed by atoms with E-state index in [1.54, 1.807) is 34.5 Å². The van der Waals surface area contributed by atoms with Crippen LogP contribution in [-0.4, -0.2) is 46.3 Å². The second-order valence-electron chi connectivity index (χ2n) is 7.65. The van der Waals surface area contributed by atoms with Crippen LogP contribution in [0.2, 0.25) is 0 Å². The Labute approximate surface area is 192 Å². The summed E-state index contributed by atoms with van der Waals surface area (Å²) in [5.74, 6) is -0.634. The number of methoxy groups -OCH3 is 1. The first kappa shape index (κ1) is 21.0. The van der Waals surface area contributed by atoms with Crippen LogP contribution in [0.15, 0.2) is 46.4 Å². The Morgan fingerprint density at radius 3 is 2.97 bits per heavy atom. The molecule has 0 spiro atoms. The van der Waals surface area contributed by atoms with Crippen LogP contribution in [0.25, 0.3) is 10.9 Å². The van der Waals surface area contributed by atoms with Gasteiger partial charge in [-0.25, -0.2) is 9.78 Å². The van der Waals surface area contributed by atoms with Crippen LogP contribution in [0.3, 0.4) is 0 Å². The second kappa shape index (κ2) is 8.55. The number of nitrogens with zero attached hydrogens (tertiary/aromatic N) is 2. The number of furan rings is 1. The molecule has 0 fully saturated rings. The van der Waals surface area contributed by atoms with Crippen LogP contribution < -0.4 is 5.32 Å². The molecule has 0 unspecified atom stereocenters. The molecule has 4 heterocycles. The van der Waals surface area contributed by atoms with E-state index in [1.165, 1.54) is 24.7 Å². The highest BCUT2D eigenvalue weighted by molar-refractivity contribution is 7.14. The number of fused-ring (bicyclic) bond motifs is 3. The smallest absolute Gasteiger partial charge is 0.337 e. The predicted molar refractivity (Wildman–Crippen MR) is 121 cm³/mol. The van der Waals surface area contributed by atoms with Crippen LogP contribution in [0.5, 0.6) is 0 Å². The topological polar surface area (TPSA) is 118 Å². The number of nitrogens with one attached hydrogen (secondary N) is 2. The zero-order chi connectivity index (χ0) is 22.9. The number of carbonyl (C=O) groups is 3. The summed E-state index contributed by atoms with van der Waals surface area (Å²) >= 11 is 1.26. The molecule has 5 rings (SSSR count). The Balaban J connectivity index is 1.28. The van der Waals surface area contributed by atoms with Gasteiger partial charge in [0.1, 0.15) is 0 Å². The van der Waals surface area contributed by atoms with E-state index >= 15 is 0 Å². The van der Waals surface area contributed by atoms with Gasteiger partial charge in [0.2, 0.25) is 5.91 Å². The molecule has 168 valence electrons. The summed E-state index contributed by atoms with van der Waals surface area (Å²) in [6.07, 6.45) is 2.26. The summed E-state index contributed by atoms with van der Waals surface area (Å²) in [4.78, 5) is 46.5. The van der Waals surface area contributed by atoms with Crippen molar-refractivity contribution in [1.29, 1.82) is 0 Å². The van der Waals surface area contributed by atoms with Gasteiger partial charge in [0.25, 0.3) is 5.91 Å². The maximum absolute atomic E-state index is 13.0. The van der Waals surface area contributed by atoms with Gasteiger partial charge in [0.15, 0.2) is 10.9 Å². The first-order valence-electron chi connectivity index (χ1n) is 10.3. The normalized spacial score (nSPS) is 13.1. The quantitative estimate of drug-likeness (QED) is 0.437. The van der Waals surface area contributed by atoms with Crippen molar-refractivity contribution in [2.75, 3.05) is 19.0 Å². The standard InChI is InChI=1S/C23H20N4O5S/c1-31-22(30)13-4-5-17-15(9-13)16-11-27(7-6-18(16)25-17)20(28)10-14-12-33-23(24-14)26-21(29)19-3-2-8-32-19/h2-5,8-9,12,25H,6-7,10-11H2,1H3,(H,24,26,29). The van der Waals surface area contributed by atoms with E-state index in [4.69, 9.17) is 9.15 Å². The lowest BCUT2D eigenvalue weighted by molar-refractivity contribution is -0.131. The number of thiazole rings is 1. The first-order valence-corrected chi connectivity index (χ1v) is 11.2. The molecule has 1 aliphatic rings. The highest BCUT2D eigenvalue weighted by Crippen LogP contribution is 2.29. The Kier molecular flexibility index (Phi) is 5.43. The average Bonchev–Trinajstić information content (AvgIpc) is 3.58. The number of hydrogen-bond acceptors (Lipinski definition) is 7. The highest BCUT2D eigenvalue weighted by Gasteiger charge is 2.25. The molecule has 9 nitrogen and oxygen atoms in total. The van der Waals surface area contributed by atoms with Crippen molar-refractivity contribution in [2.24, 2.45) is 0 Å². The number of hydrogen-bond donors (Lipinski definition) is 2. The SMILES string of the molecule is COC(=O)c1ccc2[nH]c3c(c2c1)CN(C(=O)Cc1csc(NC(=O)c2ccco2)n1)CC3. The lowest BCUT2D eigenvalue weighted by Crippen LogP contribution is -2.36. The van der Waals surface area contributed by atoms with Crippen molar-refractivity contribution in [3.63, 3.8) is 0 Å². The molecule has 1 aliphatic heterocycles. The molecule has 33 heavy (non-hydrogen) atoms. The van der Waals surface area contributed by atoms with E-state index in [1.807, 2.05) is 6.07 Å². The van der Waals surface area contributed by atoms with Crippen LogP contribution in [0, 0.1) is 0 Å². The molecule has 2 N–H and O–H groups in total. The minimum absolute atomic E-state index is 0.0478. The largest absolute Gasteiger partial charge is 0.465 e. The van der Waals surface area contributed by atoms with E-state index in [0.29, 0.717) is 35.9 Å². The van der Waals surface area contributed by atoms with Crippen molar-refractivity contribution >= 4 is 45.2 Å². The number of ether oxygens (including phenoxy) is 1. The predicted octanol–water partition coefficient (Wildman–Crippen LogP) is 3.38. The number of H-pyrrole nitrogens is 1. The van der Waals surface area contributed by atoms with Gasteiger partial charge >= 0.3 is 5.97 Å². The van der Waals surface area contributed by atoms with Gasteiger partial charge in [-0.3, -0.25) is 14.9 Å². The van der Waals surface area contributed by atoms with Crippen molar-refractivity contribution in [3.8, 4) is 0 Å². The third-order valence-electron chi connectivity index (χ3n) is 5.60. The Bertz CT molecular complexity index is 1350. The molecule has 0 aliphatic carbocycles. The highest BCUT2D eigenvalue weighted by atomic mass is 32.1. The van der Waals surface area contributed by atoms with E-state index in [9.17, 15) is 14.4 Å². The molecule has 0 saturated heterocycles. The number of anilines is 1. The van der Waals surface area contributed by atoms with E-state index in [2.05, 4.69) is 15.3 Å². The molecule has 3 aromatic heterocycles. The van der Waals surface area contributed by atoms with Gasteiger partial charge in [0.05, 0.1) is 31.1 Å². The van der Waals surface area contributed by atoms with Gasteiger partial charge in [-0.15, -0.1) is 11.3 Å². The second-order valence-corrected chi connectivity index (χ2v) is 8.51. The zero-order valence-electron chi connectivity index (χ0n) is 17.7. The third-order valence-corrected chi connectivity index (χ3v) is 6.41. The number of amides is 2. The van der Waals surface area contributed by atoms with E-state index in [-0.39, 0.29) is 24.0 Å². The maximum atomic E-state index is 13.0. The fourth-order valence-electron chi connectivity index (χ4n) is 3.95. The lowest BCUT2D eigenvalue weighted by Gasteiger charge is -2.27. The van der Waals surface area contributed by atoms with Crippen LogP contribution >= 0.6 is 11.3 Å². The van der Waals surface area contributed by atoms with Gasteiger partial charge in [-0.2, -0.15) is 0 Å². The van der Waals surface area contributed by atoms with Gasteiger partial charge in [-0.05, 0) is 30.3 Å². The van der Waals surface area contributed by atoms with Crippen molar-refractivity contribution in [3.05, 3.63) is 70.3 Å². The molecule has 0 saturated carbocycles. The average molecular weight is 465 g/mol. The van der Waals surface area contributed by atoms with Crippen LogP contribution in [0.1, 0.15) is 37.9 Å². The number of benzene rings is 1. The van der Waals surface area contributed by atoms with E-state index in [0.717, 1.165) is 22.2 Å². The number of carbonyl (C=O) groups excluding carboxylic acids is 3. The summed E-state index contributed by atoms with van der Waals surface area (Å²) in [5.41, 5.74) is 4.09. The Morgan fingerprint density at radius 1 is 1.30 bits per heavy atom. The first-order chi connectivity index (χ1) is 16.0. The van der Waals surface area contributed by atoms with Crippen LogP contribution in [0.4, 0.5) is 5.13 Å². The van der Waals surface area contributed by atoms with Crippen molar-refractivity contribution in [1.82, 2.24) is 14.9 Å². The lowest BCUT2D eigenvalue weighted by atomic mass is 10.0. The van der Waals surface area contributed by atoms with Gasteiger partial charge in [-0.1, -0.05) is 0 Å². The molecule has 10 heteroatoms. The third kappa shape index (κ3) is 4.12. The Morgan fingerprint density at radius 2 is 2.18 bits per heavy atom. The summed E-state index contributed by atoms with van der Waals surface area (Å²) in [6, 6.07) is 8.59. The molecule has 0 radical (unpaired) electrons. The molecule has 4 aromatic rings. The van der Waals surface area contributed by atoms with Gasteiger partial charge in [0, 0.05) is 47.1 Å². The molecular formula is C23H20N4O5S. The maximum Gasteiger partial charge on any atom is 0.337 e. The van der Waals surface area contributed by atoms with Crippen LogP contribution in [-0.2, 0) is 28.9 Å². The zero-order valence-corrected chi connectivity index (χ0v) is 18.5. The molecule has 0 atom stereocenters. The van der Waals surface area contributed by atoms with Crippen molar-refractivity contribution < 1.29 is 23.5 Å². The fraction of sp³-hybridized carbons (Fsp3) is 0.217. The van der Waals surface area contributed by atoms with E-state index < -0.39 is 5.97 Å². The minimum Gasteiger partial charge on any atom is -0.465 e. The number of rotatable bonds is 5. The van der Waals surface area contributed by atoms with Gasteiger partial charge < -0.3 is 19.0 Å². The fourth-order valence-corrected chi connectivity index (χ4v) is 4.66. The Hall–Kier alpha value is -3.92. The minimum atomic E-state index is -0.394. The monoisotopic (exact) mass is 464 g/mol. The van der Waals surface area contributed by atoms with Crippen molar-refractivity contribution in [2.45, 2.75) is 19.4 Å². The molecule has 2 amide bonds. The molecule has 1 aromatic carbocycles. The molecule has 0 bridgehead atoms. The molecular weight excluding hydrogens is 444 g/mol. The number of aromatic nitrogens is 2. The summed E-state index contributed by atoms with van der Waals surface area (Å²) in [6.45, 7) is 1.04. The summed E-state index contributed by atoms with van der Waals surface area (Å²) in [5, 5.41) is 5.77. The summed E-state index contributed by atoms with van der Waals surface area (Å²) < 4.78 is 9.90. The number of esters is 1. The number of aromatic amines is 1.